The first-order valence-corrected chi connectivity index (χ1v) is 14.8. The number of benzene rings is 3. The molecule has 0 bridgehead atoms. The average Bonchev–Trinajstić information content (AvgIpc) is 3.02. The summed E-state index contributed by atoms with van der Waals surface area (Å²) >= 11 is 0. The van der Waals surface area contributed by atoms with E-state index in [9.17, 15) is 13.2 Å². The van der Waals surface area contributed by atoms with Gasteiger partial charge in [0.2, 0.25) is 5.91 Å². The van der Waals surface area contributed by atoms with E-state index in [0.29, 0.717) is 11.5 Å². The number of morpholine rings is 1. The normalized spacial score (nSPS) is 13.7. The standard InChI is InChI=1S/C30H37N3O8S/c1-37-24-8-10-27(38-2)26(17-24)33(42(35,36)25-9-11-28(39-3)29(18-25)40-4)21-30(34)31-19-22-6-5-7-23(16-22)20-32-12-14-41-15-13-32/h5-11,16-18H,12-15,19-21H2,1-4H3,(H,31,34). The van der Waals surface area contributed by atoms with Gasteiger partial charge in [0, 0.05) is 38.3 Å². The van der Waals surface area contributed by atoms with Crippen LogP contribution in [-0.2, 0) is 32.6 Å². The van der Waals surface area contributed by atoms with E-state index in [4.69, 9.17) is 23.7 Å². The number of hydrogen-bond donors (Lipinski definition) is 1. The van der Waals surface area contributed by atoms with Gasteiger partial charge in [-0.25, -0.2) is 8.42 Å². The minimum atomic E-state index is -4.28. The zero-order valence-corrected chi connectivity index (χ0v) is 25.1. The molecule has 1 N–H and O–H groups in total. The fourth-order valence-electron chi connectivity index (χ4n) is 4.64. The molecule has 11 nitrogen and oxygen atoms in total. The predicted molar refractivity (Wildman–Crippen MR) is 158 cm³/mol. The zero-order valence-electron chi connectivity index (χ0n) is 24.3. The number of nitrogens with zero attached hydrogens (tertiary/aromatic N) is 2. The zero-order chi connectivity index (χ0) is 30.1. The summed E-state index contributed by atoms with van der Waals surface area (Å²) in [5, 5.41) is 2.87. The van der Waals surface area contributed by atoms with E-state index in [0.717, 1.165) is 48.3 Å². The second kappa shape index (κ2) is 14.3. The van der Waals surface area contributed by atoms with Crippen molar-refractivity contribution in [2.75, 3.05) is 65.6 Å². The van der Waals surface area contributed by atoms with Crippen LogP contribution in [0.1, 0.15) is 11.1 Å². The summed E-state index contributed by atoms with van der Waals surface area (Å²) in [6.45, 7) is 3.70. The quantitative estimate of drug-likeness (QED) is 0.317. The van der Waals surface area contributed by atoms with Crippen LogP contribution in [0.25, 0.3) is 0 Å². The number of amides is 1. The van der Waals surface area contributed by atoms with Crippen molar-refractivity contribution in [1.29, 1.82) is 0 Å². The maximum absolute atomic E-state index is 14.1. The van der Waals surface area contributed by atoms with Crippen LogP contribution in [0.4, 0.5) is 5.69 Å². The average molecular weight is 600 g/mol. The molecule has 0 aromatic heterocycles. The largest absolute Gasteiger partial charge is 0.497 e. The van der Waals surface area contributed by atoms with E-state index in [2.05, 4.69) is 10.2 Å². The Morgan fingerprint density at radius 2 is 1.55 bits per heavy atom. The number of methoxy groups -OCH3 is 4. The fraction of sp³-hybridized carbons (Fsp3) is 0.367. The number of carbonyl (C=O) groups excluding carboxylic acids is 1. The third-order valence-corrected chi connectivity index (χ3v) is 8.63. The molecule has 1 saturated heterocycles. The molecule has 1 aliphatic rings. The van der Waals surface area contributed by atoms with Gasteiger partial charge in [0.15, 0.2) is 11.5 Å². The van der Waals surface area contributed by atoms with Gasteiger partial charge < -0.3 is 29.0 Å². The lowest BCUT2D eigenvalue weighted by Gasteiger charge is -2.27. The monoisotopic (exact) mass is 599 g/mol. The van der Waals surface area contributed by atoms with Gasteiger partial charge >= 0.3 is 0 Å². The Hall–Kier alpha value is -4.00. The molecule has 1 heterocycles. The molecule has 1 amide bonds. The van der Waals surface area contributed by atoms with Crippen molar-refractivity contribution in [1.82, 2.24) is 10.2 Å². The third kappa shape index (κ3) is 7.44. The molecular formula is C30H37N3O8S. The Morgan fingerprint density at radius 1 is 0.857 bits per heavy atom. The van der Waals surface area contributed by atoms with Crippen molar-refractivity contribution in [2.45, 2.75) is 18.0 Å². The molecule has 0 spiro atoms. The topological polar surface area (TPSA) is 116 Å². The summed E-state index contributed by atoms with van der Waals surface area (Å²) in [5.74, 6) is 0.759. The Kier molecular flexibility index (Phi) is 10.5. The summed E-state index contributed by atoms with van der Waals surface area (Å²) < 4.78 is 55.9. The molecular weight excluding hydrogens is 562 g/mol. The van der Waals surface area contributed by atoms with E-state index in [1.54, 1.807) is 12.1 Å². The Morgan fingerprint density at radius 3 is 2.24 bits per heavy atom. The highest BCUT2D eigenvalue weighted by Crippen LogP contribution is 2.37. The molecule has 3 aromatic carbocycles. The van der Waals surface area contributed by atoms with Crippen molar-refractivity contribution in [3.8, 4) is 23.0 Å². The predicted octanol–water partition coefficient (Wildman–Crippen LogP) is 3.06. The Balaban J connectivity index is 1.59. The molecule has 0 saturated carbocycles. The Bertz CT molecular complexity index is 1480. The maximum atomic E-state index is 14.1. The Labute approximate surface area is 246 Å². The van der Waals surface area contributed by atoms with E-state index in [-0.39, 0.29) is 28.6 Å². The number of ether oxygens (including phenoxy) is 5. The molecule has 0 unspecified atom stereocenters. The van der Waals surface area contributed by atoms with Crippen LogP contribution in [0, 0.1) is 0 Å². The number of sulfonamides is 1. The first-order valence-electron chi connectivity index (χ1n) is 13.4. The van der Waals surface area contributed by atoms with Gasteiger partial charge in [0.05, 0.1) is 52.2 Å². The van der Waals surface area contributed by atoms with E-state index in [1.807, 2.05) is 24.3 Å². The van der Waals surface area contributed by atoms with Crippen molar-refractivity contribution in [2.24, 2.45) is 0 Å². The number of nitrogens with one attached hydrogen (secondary N) is 1. The molecule has 1 aliphatic heterocycles. The van der Waals surface area contributed by atoms with Crippen LogP contribution in [0.3, 0.4) is 0 Å². The van der Waals surface area contributed by atoms with Crippen molar-refractivity contribution >= 4 is 21.6 Å². The molecule has 0 radical (unpaired) electrons. The summed E-state index contributed by atoms with van der Waals surface area (Å²) in [6.07, 6.45) is 0. The molecule has 3 aromatic rings. The molecule has 0 aliphatic carbocycles. The fourth-order valence-corrected chi connectivity index (χ4v) is 6.08. The van der Waals surface area contributed by atoms with Crippen LogP contribution >= 0.6 is 0 Å². The highest BCUT2D eigenvalue weighted by molar-refractivity contribution is 7.92. The summed E-state index contributed by atoms with van der Waals surface area (Å²) in [7, 11) is 1.49. The molecule has 12 heteroatoms. The van der Waals surface area contributed by atoms with E-state index < -0.39 is 22.5 Å². The van der Waals surface area contributed by atoms with Crippen molar-refractivity contribution in [3.05, 3.63) is 71.8 Å². The summed E-state index contributed by atoms with van der Waals surface area (Å²) in [6, 6.07) is 17.0. The van der Waals surface area contributed by atoms with Gasteiger partial charge in [-0.1, -0.05) is 24.3 Å². The van der Waals surface area contributed by atoms with Crippen LogP contribution in [-0.4, -0.2) is 80.5 Å². The van der Waals surface area contributed by atoms with Gasteiger partial charge in [0.1, 0.15) is 18.0 Å². The van der Waals surface area contributed by atoms with E-state index in [1.165, 1.54) is 52.7 Å². The molecule has 42 heavy (non-hydrogen) atoms. The maximum Gasteiger partial charge on any atom is 0.265 e. The second-order valence-electron chi connectivity index (χ2n) is 9.55. The lowest BCUT2D eigenvalue weighted by Crippen LogP contribution is -2.41. The summed E-state index contributed by atoms with van der Waals surface area (Å²) in [4.78, 5) is 15.5. The highest BCUT2D eigenvalue weighted by Gasteiger charge is 2.31. The number of rotatable bonds is 13. The number of carbonyl (C=O) groups is 1. The van der Waals surface area contributed by atoms with Crippen LogP contribution in [0.2, 0.25) is 0 Å². The minimum Gasteiger partial charge on any atom is -0.497 e. The van der Waals surface area contributed by atoms with Gasteiger partial charge in [-0.05, 0) is 35.4 Å². The SMILES string of the molecule is COc1ccc(OC)c(N(CC(=O)NCc2cccc(CN3CCOCC3)c2)S(=O)(=O)c2ccc(OC)c(OC)c2)c1. The third-order valence-electron chi connectivity index (χ3n) is 6.88. The first-order chi connectivity index (χ1) is 20.3. The van der Waals surface area contributed by atoms with Gasteiger partial charge in [-0.15, -0.1) is 0 Å². The second-order valence-corrected chi connectivity index (χ2v) is 11.4. The lowest BCUT2D eigenvalue weighted by molar-refractivity contribution is -0.119. The highest BCUT2D eigenvalue weighted by atomic mass is 32.2. The smallest absolute Gasteiger partial charge is 0.265 e. The molecule has 0 atom stereocenters. The van der Waals surface area contributed by atoms with Crippen molar-refractivity contribution in [3.63, 3.8) is 0 Å². The minimum absolute atomic E-state index is 0.0892. The van der Waals surface area contributed by atoms with Gasteiger partial charge in [-0.2, -0.15) is 0 Å². The van der Waals surface area contributed by atoms with Gasteiger partial charge in [0.25, 0.3) is 10.0 Å². The number of hydrogen-bond acceptors (Lipinski definition) is 9. The molecule has 4 rings (SSSR count). The first kappa shape index (κ1) is 30.9. The molecule has 1 fully saturated rings. The molecule has 226 valence electrons. The van der Waals surface area contributed by atoms with Gasteiger partial charge in [-0.3, -0.25) is 14.0 Å². The van der Waals surface area contributed by atoms with Crippen LogP contribution in [0.5, 0.6) is 23.0 Å². The van der Waals surface area contributed by atoms with Crippen molar-refractivity contribution < 1.29 is 36.9 Å². The number of anilines is 1. The summed E-state index contributed by atoms with van der Waals surface area (Å²) in [5.41, 5.74) is 2.18. The van der Waals surface area contributed by atoms with Crippen LogP contribution < -0.4 is 28.6 Å². The van der Waals surface area contributed by atoms with Crippen LogP contribution in [0.15, 0.2) is 65.6 Å². The lowest BCUT2D eigenvalue weighted by atomic mass is 10.1. The van der Waals surface area contributed by atoms with E-state index >= 15 is 0 Å².